The molecular weight excluding hydrogens is 242 g/mol. The monoisotopic (exact) mass is 257 g/mol. The van der Waals surface area contributed by atoms with Crippen LogP contribution in [0.25, 0.3) is 0 Å². The maximum Gasteiger partial charge on any atom is 0.240 e. The minimum absolute atomic E-state index is 0.0720. The summed E-state index contributed by atoms with van der Waals surface area (Å²) < 4.78 is 25.9. The van der Waals surface area contributed by atoms with Crippen LogP contribution in [0, 0.1) is 0 Å². The van der Waals surface area contributed by atoms with Crippen molar-refractivity contribution in [1.82, 2.24) is 4.72 Å². The number of sulfonamides is 1. The van der Waals surface area contributed by atoms with Crippen LogP contribution >= 0.6 is 0 Å². The first-order valence-electron chi connectivity index (χ1n) is 5.11. The van der Waals surface area contributed by atoms with Crippen molar-refractivity contribution < 1.29 is 18.3 Å². The topological polar surface area (TPSA) is 83.5 Å². The lowest BCUT2D eigenvalue weighted by Gasteiger charge is -2.11. The summed E-state index contributed by atoms with van der Waals surface area (Å²) in [5.74, 6) is -0.120. The van der Waals surface area contributed by atoms with Gasteiger partial charge in [-0.3, -0.25) is 4.79 Å². The molecule has 6 heteroatoms. The van der Waals surface area contributed by atoms with Gasteiger partial charge < -0.3 is 5.11 Å². The van der Waals surface area contributed by atoms with E-state index in [2.05, 4.69) is 4.72 Å². The quantitative estimate of drug-likeness (QED) is 0.754. The third kappa shape index (κ3) is 3.62. The number of hydrogen-bond acceptors (Lipinski definition) is 4. The molecule has 1 atom stereocenters. The summed E-state index contributed by atoms with van der Waals surface area (Å²) in [5, 5.41) is 8.79. The van der Waals surface area contributed by atoms with Gasteiger partial charge in [0.25, 0.3) is 0 Å². The van der Waals surface area contributed by atoms with Gasteiger partial charge in [0.05, 0.1) is 11.5 Å². The van der Waals surface area contributed by atoms with Crippen LogP contribution in [0.5, 0.6) is 0 Å². The van der Waals surface area contributed by atoms with Crippen molar-refractivity contribution in [3.8, 4) is 0 Å². The molecule has 0 unspecified atom stereocenters. The molecule has 0 aliphatic rings. The average molecular weight is 257 g/mol. The summed E-state index contributed by atoms with van der Waals surface area (Å²) in [6, 6.07) is 5.10. The van der Waals surface area contributed by atoms with Crippen molar-refractivity contribution in [2.45, 2.75) is 24.8 Å². The van der Waals surface area contributed by atoms with Gasteiger partial charge in [-0.15, -0.1) is 0 Å². The van der Waals surface area contributed by atoms with Crippen molar-refractivity contribution in [2.75, 3.05) is 6.61 Å². The minimum Gasteiger partial charge on any atom is -0.395 e. The number of carbonyl (C=O) groups excluding carboxylic acids is 1. The molecule has 0 radical (unpaired) electrons. The number of benzene rings is 1. The fraction of sp³-hybridized carbons (Fsp3) is 0.364. The predicted octanol–water partition coefficient (Wildman–Crippen LogP) is 0.548. The van der Waals surface area contributed by atoms with Gasteiger partial charge >= 0.3 is 0 Å². The zero-order chi connectivity index (χ0) is 13.1. The van der Waals surface area contributed by atoms with E-state index in [1.165, 1.54) is 31.2 Å². The van der Waals surface area contributed by atoms with Crippen molar-refractivity contribution in [3.05, 3.63) is 29.8 Å². The Hall–Kier alpha value is -1.24. The molecular formula is C11H15NO4S. The van der Waals surface area contributed by atoms with Crippen LogP contribution in [-0.4, -0.2) is 32.0 Å². The summed E-state index contributed by atoms with van der Waals surface area (Å²) in [6.07, 6.45) is 0. The fourth-order valence-electron chi connectivity index (χ4n) is 1.24. The standard InChI is InChI=1S/C11H15NO4S/c1-8(7-13)12-17(15,16)11-5-3-10(4-6-11)9(2)14/h3-6,8,12-13H,7H2,1-2H3/t8-/m0/s1. The Labute approximate surface area is 101 Å². The minimum atomic E-state index is -3.64. The van der Waals surface area contributed by atoms with Crippen LogP contribution in [0.3, 0.4) is 0 Å². The molecule has 17 heavy (non-hydrogen) atoms. The molecule has 1 aromatic carbocycles. The summed E-state index contributed by atoms with van der Waals surface area (Å²) in [6.45, 7) is 2.70. The molecule has 0 fully saturated rings. The largest absolute Gasteiger partial charge is 0.395 e. The van der Waals surface area contributed by atoms with Crippen LogP contribution in [0.15, 0.2) is 29.2 Å². The van der Waals surface area contributed by atoms with Gasteiger partial charge in [-0.05, 0) is 26.0 Å². The average Bonchev–Trinajstić information content (AvgIpc) is 2.28. The Morgan fingerprint density at radius 3 is 2.29 bits per heavy atom. The summed E-state index contributed by atoms with van der Waals surface area (Å²) in [4.78, 5) is 11.1. The van der Waals surface area contributed by atoms with Gasteiger partial charge in [0, 0.05) is 11.6 Å². The van der Waals surface area contributed by atoms with E-state index in [1.807, 2.05) is 0 Å². The molecule has 0 aromatic heterocycles. The number of Topliss-reactive ketones (excluding diaryl/α,β-unsaturated/α-hetero) is 1. The van der Waals surface area contributed by atoms with Crippen molar-refractivity contribution >= 4 is 15.8 Å². The molecule has 0 aliphatic heterocycles. The zero-order valence-electron chi connectivity index (χ0n) is 9.67. The van der Waals surface area contributed by atoms with Crippen molar-refractivity contribution in [1.29, 1.82) is 0 Å². The molecule has 1 rings (SSSR count). The lowest BCUT2D eigenvalue weighted by molar-refractivity contribution is 0.101. The lowest BCUT2D eigenvalue weighted by atomic mass is 10.2. The Bertz CT molecular complexity index is 493. The number of nitrogens with one attached hydrogen (secondary N) is 1. The second kappa shape index (κ2) is 5.39. The van der Waals surface area contributed by atoms with Crippen LogP contribution < -0.4 is 4.72 Å². The molecule has 0 bridgehead atoms. The highest BCUT2D eigenvalue weighted by molar-refractivity contribution is 7.89. The molecule has 0 saturated heterocycles. The van der Waals surface area contributed by atoms with E-state index < -0.39 is 16.1 Å². The van der Waals surface area contributed by atoms with E-state index in [-0.39, 0.29) is 17.3 Å². The van der Waals surface area contributed by atoms with Gasteiger partial charge in [-0.1, -0.05) is 12.1 Å². The summed E-state index contributed by atoms with van der Waals surface area (Å²) >= 11 is 0. The van der Waals surface area contributed by atoms with Crippen LogP contribution in [0.1, 0.15) is 24.2 Å². The number of carbonyl (C=O) groups is 1. The first-order chi connectivity index (χ1) is 7.86. The molecule has 0 aliphatic carbocycles. The van der Waals surface area contributed by atoms with Crippen LogP contribution in [0.2, 0.25) is 0 Å². The highest BCUT2D eigenvalue weighted by Crippen LogP contribution is 2.11. The van der Waals surface area contributed by atoms with Gasteiger partial charge in [0.2, 0.25) is 10.0 Å². The Morgan fingerprint density at radius 2 is 1.88 bits per heavy atom. The molecule has 94 valence electrons. The fourth-order valence-corrected chi connectivity index (χ4v) is 2.47. The number of rotatable bonds is 5. The third-order valence-corrected chi connectivity index (χ3v) is 3.81. The second-order valence-corrected chi connectivity index (χ2v) is 5.50. The maximum absolute atomic E-state index is 11.8. The van der Waals surface area contributed by atoms with E-state index in [4.69, 9.17) is 5.11 Å². The van der Waals surface area contributed by atoms with E-state index in [9.17, 15) is 13.2 Å². The molecule has 0 spiro atoms. The van der Waals surface area contributed by atoms with Crippen LogP contribution in [0.4, 0.5) is 0 Å². The maximum atomic E-state index is 11.8. The summed E-state index contributed by atoms with van der Waals surface area (Å²) in [7, 11) is -3.64. The number of aliphatic hydroxyl groups is 1. The van der Waals surface area contributed by atoms with E-state index in [0.29, 0.717) is 5.56 Å². The Kier molecular flexibility index (Phi) is 4.39. The highest BCUT2D eigenvalue weighted by atomic mass is 32.2. The van der Waals surface area contributed by atoms with E-state index in [0.717, 1.165) is 0 Å². The lowest BCUT2D eigenvalue weighted by Crippen LogP contribution is -2.34. The molecule has 2 N–H and O–H groups in total. The second-order valence-electron chi connectivity index (χ2n) is 3.79. The SMILES string of the molecule is CC(=O)c1ccc(S(=O)(=O)N[C@@H](C)CO)cc1. The van der Waals surface area contributed by atoms with Crippen molar-refractivity contribution in [3.63, 3.8) is 0 Å². The molecule has 0 amide bonds. The Balaban J connectivity index is 2.96. The molecule has 1 aromatic rings. The number of hydrogen-bond donors (Lipinski definition) is 2. The number of ketones is 1. The Morgan fingerprint density at radius 1 is 1.35 bits per heavy atom. The number of aliphatic hydroxyl groups excluding tert-OH is 1. The molecule has 0 heterocycles. The third-order valence-electron chi connectivity index (χ3n) is 2.20. The summed E-state index contributed by atoms with van der Waals surface area (Å²) in [5.41, 5.74) is 0.458. The first kappa shape index (κ1) is 13.8. The zero-order valence-corrected chi connectivity index (χ0v) is 10.5. The van der Waals surface area contributed by atoms with Gasteiger partial charge in [0.1, 0.15) is 0 Å². The van der Waals surface area contributed by atoms with Gasteiger partial charge in [-0.25, -0.2) is 13.1 Å². The van der Waals surface area contributed by atoms with Gasteiger partial charge in [-0.2, -0.15) is 0 Å². The highest BCUT2D eigenvalue weighted by Gasteiger charge is 2.16. The molecule has 5 nitrogen and oxygen atoms in total. The van der Waals surface area contributed by atoms with Crippen molar-refractivity contribution in [2.24, 2.45) is 0 Å². The van der Waals surface area contributed by atoms with Crippen LogP contribution in [-0.2, 0) is 10.0 Å². The van der Waals surface area contributed by atoms with E-state index in [1.54, 1.807) is 6.92 Å². The van der Waals surface area contributed by atoms with Gasteiger partial charge in [0.15, 0.2) is 5.78 Å². The normalized spacial score (nSPS) is 13.4. The predicted molar refractivity (Wildman–Crippen MR) is 63.3 cm³/mol. The molecule has 0 saturated carbocycles. The first-order valence-corrected chi connectivity index (χ1v) is 6.59. The smallest absolute Gasteiger partial charge is 0.240 e. The van der Waals surface area contributed by atoms with E-state index >= 15 is 0 Å².